The molecule has 0 atom stereocenters. The summed E-state index contributed by atoms with van der Waals surface area (Å²) in [5.41, 5.74) is 0. The summed E-state index contributed by atoms with van der Waals surface area (Å²) < 4.78 is 0. The van der Waals surface area contributed by atoms with Crippen LogP contribution in [0.4, 0.5) is 0 Å². The van der Waals surface area contributed by atoms with Gasteiger partial charge in [0.2, 0.25) is 0 Å². The fourth-order valence-corrected chi connectivity index (χ4v) is 0. The summed E-state index contributed by atoms with van der Waals surface area (Å²) in [6, 6.07) is 0. The Morgan fingerprint density at radius 2 is 0.333 bits per heavy atom. The fourth-order valence-electron chi connectivity index (χ4n) is 0. The van der Waals surface area contributed by atoms with Gasteiger partial charge in [0.05, 0.1) is 35.8 Å². The van der Waals surface area contributed by atoms with E-state index in [9.17, 15) is 0 Å². The molecule has 27 heavy (non-hydrogen) atoms. The Labute approximate surface area is 238 Å². The van der Waals surface area contributed by atoms with E-state index in [1.165, 1.54) is 0 Å². The molecule has 12 N–H and O–H groups in total. The smallest absolute Gasteiger partial charge is 0.543 e. The minimum Gasteiger partial charge on any atom is -0.543 e. The Hall–Kier alpha value is 0.359. The fraction of sp³-hybridized carbons (Fsp3) is 0. The zero-order valence-corrected chi connectivity index (χ0v) is 19.6. The van der Waals surface area contributed by atoms with Crippen molar-refractivity contribution in [3.63, 3.8) is 0 Å². The molecule has 18 nitrogen and oxygen atoms in total. The van der Waals surface area contributed by atoms with Gasteiger partial charge in [-0.1, -0.05) is 0 Å². The zero-order valence-electron chi connectivity index (χ0n) is 13.0. The first-order valence-electron chi connectivity index (χ1n) is 3.20. The molecular formula is C6H12Ca3O18. The van der Waals surface area contributed by atoms with Crippen LogP contribution in [-0.4, -0.2) is 182 Å². The molecular weight excluding hydrogens is 480 g/mol. The van der Waals surface area contributed by atoms with Gasteiger partial charge in [0.15, 0.2) is 0 Å². The van der Waals surface area contributed by atoms with Crippen molar-refractivity contribution in [3.05, 3.63) is 0 Å². The molecule has 0 bridgehead atoms. The van der Waals surface area contributed by atoms with Gasteiger partial charge in [-0.3, -0.25) is 0 Å². The molecule has 0 amide bonds. The van der Waals surface area contributed by atoms with Crippen molar-refractivity contribution in [2.75, 3.05) is 0 Å². The Kier molecular flexibility index (Phi) is 150. The van der Waals surface area contributed by atoms with E-state index in [1.807, 2.05) is 0 Å². The van der Waals surface area contributed by atoms with E-state index in [2.05, 4.69) is 0 Å². The van der Waals surface area contributed by atoms with Crippen molar-refractivity contribution < 1.29 is 92.3 Å². The van der Waals surface area contributed by atoms with Crippen LogP contribution < -0.4 is 30.6 Å². The van der Waals surface area contributed by atoms with Crippen LogP contribution >= 0.6 is 0 Å². The summed E-state index contributed by atoms with van der Waals surface area (Å²) in [6.45, 7) is 0. The van der Waals surface area contributed by atoms with Gasteiger partial charge in [-0.2, -0.15) is 0 Å². The summed E-state index contributed by atoms with van der Waals surface area (Å²) in [7, 11) is 0. The second kappa shape index (κ2) is 50.3. The van der Waals surface area contributed by atoms with Crippen molar-refractivity contribution in [1.82, 2.24) is 0 Å². The molecule has 0 aliphatic carbocycles. The Morgan fingerprint density at radius 3 is 0.333 bits per heavy atom. The Bertz CT molecular complexity index is 288. The minimum atomic E-state index is -2.19. The van der Waals surface area contributed by atoms with Gasteiger partial charge < -0.3 is 92.3 Å². The van der Waals surface area contributed by atoms with Crippen molar-refractivity contribution in [2.24, 2.45) is 0 Å². The summed E-state index contributed by atoms with van der Waals surface area (Å²) in [6.07, 6.45) is 0. The summed E-state index contributed by atoms with van der Waals surface area (Å²) in [5.74, 6) is -13.1. The number of aliphatic carboxylic acids is 6. The molecule has 0 rings (SSSR count). The van der Waals surface area contributed by atoms with Crippen LogP contribution in [0.25, 0.3) is 0 Å². The maximum atomic E-state index is 8.93. The van der Waals surface area contributed by atoms with Gasteiger partial charge in [-0.15, -0.1) is 0 Å². The second-order valence-corrected chi connectivity index (χ2v) is 1.72. The summed E-state index contributed by atoms with van der Waals surface area (Å²) >= 11 is 0. The molecule has 0 heterocycles. The van der Waals surface area contributed by atoms with Crippen LogP contribution in [0.3, 0.4) is 0 Å². The standard InChI is InChI=1S/3C2H2O4.3Ca.6H2O/c3*3-1(4)2(5)6;;;;;;;;;/h3*(H,3,4)(H,5,6);;;;6*1H2/q;;;3*+2;;;;;;/p-6. The first-order valence-corrected chi connectivity index (χ1v) is 3.20. The number of carbonyl (C=O) groups is 6. The second-order valence-electron chi connectivity index (χ2n) is 1.72. The predicted octanol–water partition coefficient (Wildman–Crippen LogP) is -16.6. The predicted molar refractivity (Wildman–Crippen MR) is 69.0 cm³/mol. The van der Waals surface area contributed by atoms with Gasteiger partial charge in [-0.05, 0) is 0 Å². The number of carbonyl (C=O) groups excluding carboxylic acids is 6. The molecule has 0 saturated carbocycles. The molecule has 150 valence electrons. The molecule has 21 heteroatoms. The third-order valence-electron chi connectivity index (χ3n) is 0.500. The molecule has 0 aromatic carbocycles. The summed E-state index contributed by atoms with van der Waals surface area (Å²) in [4.78, 5) is 53.6. The van der Waals surface area contributed by atoms with Gasteiger partial charge in [0.1, 0.15) is 0 Å². The van der Waals surface area contributed by atoms with Crippen LogP contribution in [0.15, 0.2) is 0 Å². The van der Waals surface area contributed by atoms with Crippen LogP contribution in [0, 0.1) is 0 Å². The van der Waals surface area contributed by atoms with E-state index < -0.39 is 35.8 Å². The normalized spacial score (nSPS) is 4.89. The first-order chi connectivity index (χ1) is 7.93. The van der Waals surface area contributed by atoms with E-state index in [1.54, 1.807) is 0 Å². The molecule has 0 aliphatic heterocycles. The van der Waals surface area contributed by atoms with Gasteiger partial charge >= 0.3 is 113 Å². The van der Waals surface area contributed by atoms with E-state index in [0.29, 0.717) is 0 Å². The van der Waals surface area contributed by atoms with E-state index in [4.69, 9.17) is 59.4 Å². The Morgan fingerprint density at radius 1 is 0.296 bits per heavy atom. The monoisotopic (exact) mass is 492 g/mol. The topological polar surface area (TPSA) is 430 Å². The molecule has 0 radical (unpaired) electrons. The molecule has 0 saturated heterocycles. The molecule has 0 fully saturated rings. The molecule has 0 aromatic rings. The van der Waals surface area contributed by atoms with Gasteiger partial charge in [-0.25, -0.2) is 0 Å². The Balaban J connectivity index is -0.0000000107. The van der Waals surface area contributed by atoms with E-state index in [-0.39, 0.29) is 146 Å². The third-order valence-corrected chi connectivity index (χ3v) is 0.500. The van der Waals surface area contributed by atoms with Crippen molar-refractivity contribution >= 4 is 149 Å². The maximum absolute atomic E-state index is 8.93. The van der Waals surface area contributed by atoms with Gasteiger partial charge in [0.25, 0.3) is 0 Å². The zero-order chi connectivity index (χ0) is 15.5. The average molecular weight is 492 g/mol. The third kappa shape index (κ3) is 102. The van der Waals surface area contributed by atoms with Crippen LogP contribution in [-0.2, 0) is 28.8 Å². The number of rotatable bonds is 0. The molecule has 0 unspecified atom stereocenters. The number of hydrogen-bond donors (Lipinski definition) is 0. The molecule has 0 aliphatic rings. The van der Waals surface area contributed by atoms with Crippen LogP contribution in [0.1, 0.15) is 0 Å². The molecule has 0 spiro atoms. The van der Waals surface area contributed by atoms with Crippen LogP contribution in [0.5, 0.6) is 0 Å². The number of carboxylic acids is 6. The maximum Gasteiger partial charge on any atom is 2.00 e. The SMILES string of the molecule is O.O.O.O.O.O.O=C([O-])C(=O)[O-].O=C([O-])C(=O)[O-].O=C([O-])C(=O)[O-].[Ca+2].[Ca+2].[Ca+2]. The number of carboxylic acid groups (broad SMARTS) is 6. The van der Waals surface area contributed by atoms with E-state index >= 15 is 0 Å². The minimum absolute atomic E-state index is 0. The average Bonchev–Trinajstić information content (AvgIpc) is 2.18. The van der Waals surface area contributed by atoms with Gasteiger partial charge in [0, 0.05) is 0 Å². The van der Waals surface area contributed by atoms with Crippen molar-refractivity contribution in [2.45, 2.75) is 0 Å². The molecule has 0 aromatic heterocycles. The van der Waals surface area contributed by atoms with Crippen molar-refractivity contribution in [1.29, 1.82) is 0 Å². The van der Waals surface area contributed by atoms with Crippen LogP contribution in [0.2, 0.25) is 0 Å². The largest absolute Gasteiger partial charge is 2.00 e. The quantitative estimate of drug-likeness (QED) is 0.224. The first kappa shape index (κ1) is 80.6. The van der Waals surface area contributed by atoms with Crippen molar-refractivity contribution in [3.8, 4) is 0 Å². The number of hydrogen-bond acceptors (Lipinski definition) is 12. The summed E-state index contributed by atoms with van der Waals surface area (Å²) in [5, 5.41) is 53.6. The van der Waals surface area contributed by atoms with E-state index in [0.717, 1.165) is 0 Å².